The Morgan fingerprint density at radius 1 is 1.20 bits per heavy atom. The van der Waals surface area contributed by atoms with Crippen LogP contribution >= 0.6 is 10.5 Å². The number of amides is 1. The highest BCUT2D eigenvalue weighted by Gasteiger charge is 2.36. The topological polar surface area (TPSA) is 75.6 Å². The van der Waals surface area contributed by atoms with Crippen molar-refractivity contribution in [3.8, 4) is 0 Å². The summed E-state index contributed by atoms with van der Waals surface area (Å²) in [5.74, 6) is -1.01. The maximum Gasteiger partial charge on any atom is 0.412 e. The lowest BCUT2D eigenvalue weighted by Crippen LogP contribution is -2.27. The van der Waals surface area contributed by atoms with Gasteiger partial charge in [-0.05, 0) is 52.0 Å². The molecule has 6 heteroatoms. The van der Waals surface area contributed by atoms with E-state index in [9.17, 15) is 14.7 Å². The second kappa shape index (κ2) is 5.44. The van der Waals surface area contributed by atoms with E-state index in [4.69, 9.17) is 4.74 Å². The first kappa shape index (κ1) is 16.5. The zero-order valence-corrected chi connectivity index (χ0v) is 13.6. The molecule has 1 atom stereocenters. The highest BCUT2D eigenvalue weighted by molar-refractivity contribution is 7.33. The van der Waals surface area contributed by atoms with E-state index in [1.807, 2.05) is 26.2 Å². The molecule has 0 aliphatic heterocycles. The van der Waals surface area contributed by atoms with E-state index in [-0.39, 0.29) is 9.62 Å². The normalized spacial score (nSPS) is 13.0. The molecular formula is C14H22NO4S+. The summed E-state index contributed by atoms with van der Waals surface area (Å²) in [5.41, 5.74) is -0.313. The first-order valence-electron chi connectivity index (χ1n) is 6.31. The van der Waals surface area contributed by atoms with Crippen molar-refractivity contribution in [2.45, 2.75) is 51.9 Å². The lowest BCUT2D eigenvalue weighted by molar-refractivity contribution is 0.0636. The molecule has 0 aromatic carbocycles. The third-order valence-corrected chi connectivity index (χ3v) is 4.89. The van der Waals surface area contributed by atoms with Crippen LogP contribution in [0.2, 0.25) is 0 Å². The Labute approximate surface area is 121 Å². The highest BCUT2D eigenvalue weighted by atomic mass is 32.2. The summed E-state index contributed by atoms with van der Waals surface area (Å²) in [6.45, 7) is 11.2. The van der Waals surface area contributed by atoms with Crippen LogP contribution in [0, 0.1) is 0 Å². The molecule has 0 bridgehead atoms. The second-order valence-electron chi connectivity index (χ2n) is 6.43. The van der Waals surface area contributed by atoms with Gasteiger partial charge in [-0.2, -0.15) is 0 Å². The number of anilines is 1. The monoisotopic (exact) mass is 300 g/mol. The number of carbonyl (C=O) groups excluding carboxylic acids is 1. The molecule has 2 N–H and O–H groups in total. The number of thiophene rings is 1. The van der Waals surface area contributed by atoms with Crippen molar-refractivity contribution in [1.82, 2.24) is 0 Å². The van der Waals surface area contributed by atoms with Crippen LogP contribution in [0.25, 0.3) is 0 Å². The molecule has 1 unspecified atom stereocenters. The molecular weight excluding hydrogens is 278 g/mol. The molecule has 0 spiro atoms. The number of hydrogen-bond acceptors (Lipinski definition) is 3. The number of nitrogens with one attached hydrogen (secondary N) is 1. The number of carboxylic acid groups (broad SMARTS) is 1. The van der Waals surface area contributed by atoms with E-state index in [0.29, 0.717) is 5.69 Å². The maximum absolute atomic E-state index is 11.7. The van der Waals surface area contributed by atoms with Crippen LogP contribution < -0.4 is 5.32 Å². The summed E-state index contributed by atoms with van der Waals surface area (Å²) >= 11 is 0. The fraction of sp³-hybridized carbons (Fsp3) is 0.571. The molecule has 0 aliphatic rings. The van der Waals surface area contributed by atoms with E-state index < -0.39 is 28.1 Å². The van der Waals surface area contributed by atoms with Gasteiger partial charge in [-0.1, -0.05) is 0 Å². The Morgan fingerprint density at radius 3 is 2.15 bits per heavy atom. The Balaban J connectivity index is 3.06. The summed E-state index contributed by atoms with van der Waals surface area (Å²) in [6.07, 6.45) is -0.643. The summed E-state index contributed by atoms with van der Waals surface area (Å²) in [6, 6.07) is 1.64. The number of rotatable bonds is 2. The van der Waals surface area contributed by atoms with Crippen molar-refractivity contribution in [2.75, 3.05) is 5.32 Å². The minimum atomic E-state index is -1.01. The number of carboxylic acids is 1. The SMILES string of the molecule is CC(C)(C)OC(=O)Nc1cc[s+](C(C)(C)C)c1C(=O)O. The zero-order chi connectivity index (χ0) is 15.7. The first-order chi connectivity index (χ1) is 8.92. The van der Waals surface area contributed by atoms with E-state index in [0.717, 1.165) is 0 Å². The van der Waals surface area contributed by atoms with Gasteiger partial charge in [-0.15, -0.1) is 0 Å². The fourth-order valence-electron chi connectivity index (χ4n) is 1.63. The molecule has 1 heterocycles. The van der Waals surface area contributed by atoms with Crippen LogP contribution in [0.15, 0.2) is 11.4 Å². The van der Waals surface area contributed by atoms with Crippen molar-refractivity contribution >= 4 is 28.2 Å². The van der Waals surface area contributed by atoms with Gasteiger partial charge in [0, 0.05) is 6.07 Å². The van der Waals surface area contributed by atoms with Crippen molar-refractivity contribution in [3.63, 3.8) is 0 Å². The Bertz CT molecular complexity index is 520. The lowest BCUT2D eigenvalue weighted by Gasteiger charge is -2.19. The summed E-state index contributed by atoms with van der Waals surface area (Å²) in [4.78, 5) is 23.4. The van der Waals surface area contributed by atoms with Gasteiger partial charge in [0.2, 0.25) is 0 Å². The second-order valence-corrected chi connectivity index (χ2v) is 9.01. The summed E-state index contributed by atoms with van der Waals surface area (Å²) in [7, 11) is -0.553. The van der Waals surface area contributed by atoms with Gasteiger partial charge in [-0.3, -0.25) is 5.32 Å². The minimum Gasteiger partial charge on any atom is -0.474 e. The van der Waals surface area contributed by atoms with Crippen molar-refractivity contribution in [2.24, 2.45) is 0 Å². The molecule has 1 aromatic heterocycles. The van der Waals surface area contributed by atoms with E-state index in [1.165, 1.54) is 0 Å². The largest absolute Gasteiger partial charge is 0.474 e. The molecule has 20 heavy (non-hydrogen) atoms. The smallest absolute Gasteiger partial charge is 0.412 e. The minimum absolute atomic E-state index is 0.207. The predicted molar refractivity (Wildman–Crippen MR) is 80.7 cm³/mol. The third kappa shape index (κ3) is 4.23. The van der Waals surface area contributed by atoms with E-state index in [2.05, 4.69) is 5.32 Å². The molecule has 0 aliphatic carbocycles. The van der Waals surface area contributed by atoms with Gasteiger partial charge in [0.25, 0.3) is 4.88 Å². The van der Waals surface area contributed by atoms with E-state index >= 15 is 0 Å². The predicted octanol–water partition coefficient (Wildman–Crippen LogP) is 4.24. The lowest BCUT2D eigenvalue weighted by atomic mass is 10.2. The highest BCUT2D eigenvalue weighted by Crippen LogP contribution is 2.44. The molecule has 1 amide bonds. The first-order valence-corrected chi connectivity index (χ1v) is 7.59. The molecule has 112 valence electrons. The standard InChI is InChI=1S/C14H21NO4S/c1-13(2,3)19-12(18)15-9-7-8-20(14(4,5)6)10(9)11(16)17/h7-8H,1-6H3,(H-,15,16,17,18)/p+1. The summed E-state index contributed by atoms with van der Waals surface area (Å²) in [5, 5.41) is 13.7. The number of aromatic carboxylic acids is 1. The van der Waals surface area contributed by atoms with Crippen LogP contribution in [0.1, 0.15) is 51.2 Å². The van der Waals surface area contributed by atoms with Gasteiger partial charge in [-0.25, -0.2) is 9.59 Å². The zero-order valence-electron chi connectivity index (χ0n) is 12.7. The Morgan fingerprint density at radius 2 is 1.75 bits per heavy atom. The van der Waals surface area contributed by atoms with Gasteiger partial charge in [0.15, 0.2) is 0 Å². The molecule has 0 radical (unpaired) electrons. The van der Waals surface area contributed by atoms with Gasteiger partial charge in [0.1, 0.15) is 21.4 Å². The molecule has 1 rings (SSSR count). The summed E-state index contributed by atoms with van der Waals surface area (Å²) < 4.78 is 4.93. The molecule has 5 nitrogen and oxygen atoms in total. The number of hydrogen-bond donors (Lipinski definition) is 2. The Kier molecular flexibility index (Phi) is 4.49. The molecule has 0 fully saturated rings. The maximum atomic E-state index is 11.7. The molecule has 0 saturated heterocycles. The van der Waals surface area contributed by atoms with Crippen LogP contribution in [0.5, 0.6) is 0 Å². The average Bonchev–Trinajstić information content (AvgIpc) is 2.57. The van der Waals surface area contributed by atoms with Crippen molar-refractivity contribution < 1.29 is 19.4 Å². The quantitative estimate of drug-likeness (QED) is 0.801. The van der Waals surface area contributed by atoms with Crippen molar-refractivity contribution in [1.29, 1.82) is 0 Å². The van der Waals surface area contributed by atoms with Crippen LogP contribution in [-0.4, -0.2) is 22.8 Å². The Hall–Kier alpha value is -1.56. The van der Waals surface area contributed by atoms with Gasteiger partial charge in [0.05, 0.1) is 0 Å². The van der Waals surface area contributed by atoms with Gasteiger partial charge >= 0.3 is 12.1 Å². The third-order valence-electron chi connectivity index (χ3n) is 2.32. The van der Waals surface area contributed by atoms with Crippen LogP contribution in [0.4, 0.5) is 10.5 Å². The van der Waals surface area contributed by atoms with Crippen LogP contribution in [-0.2, 0) is 9.48 Å². The van der Waals surface area contributed by atoms with Crippen molar-refractivity contribution in [3.05, 3.63) is 16.3 Å². The molecule has 1 aromatic rings. The number of carbonyl (C=O) groups is 2. The molecule has 0 saturated carbocycles. The average molecular weight is 300 g/mol. The van der Waals surface area contributed by atoms with E-state index in [1.54, 1.807) is 26.8 Å². The van der Waals surface area contributed by atoms with Gasteiger partial charge < -0.3 is 9.84 Å². The number of ether oxygens (including phenoxy) is 1. The van der Waals surface area contributed by atoms with Crippen LogP contribution in [0.3, 0.4) is 0 Å². The fourth-order valence-corrected chi connectivity index (χ4v) is 3.60.